The number of benzene rings is 3. The summed E-state index contributed by atoms with van der Waals surface area (Å²) in [7, 11) is -1.45. The Kier molecular flexibility index (Phi) is 11.0. The van der Waals surface area contributed by atoms with Crippen molar-refractivity contribution in [2.24, 2.45) is 0 Å². The van der Waals surface area contributed by atoms with Crippen LogP contribution in [0.1, 0.15) is 43.7 Å². The van der Waals surface area contributed by atoms with Gasteiger partial charge >= 0.3 is 0 Å². The number of halogens is 2. The molecule has 1 aliphatic carbocycles. The van der Waals surface area contributed by atoms with Gasteiger partial charge in [-0.1, -0.05) is 59.8 Å². The topological polar surface area (TPSA) is 105 Å². The summed E-state index contributed by atoms with van der Waals surface area (Å²) in [6.45, 7) is 2.68. The van der Waals surface area contributed by atoms with E-state index in [0.717, 1.165) is 35.6 Å². The molecule has 0 radical (unpaired) electrons. The van der Waals surface area contributed by atoms with Crippen LogP contribution in [0.4, 0.5) is 5.69 Å². The second kappa shape index (κ2) is 14.5. The van der Waals surface area contributed by atoms with Gasteiger partial charge in [0.25, 0.3) is 10.0 Å². The Balaban J connectivity index is 1.79. The molecule has 44 heavy (non-hydrogen) atoms. The van der Waals surface area contributed by atoms with Crippen LogP contribution in [0, 0.1) is 6.92 Å². The molecule has 1 fully saturated rings. The molecule has 1 aliphatic rings. The summed E-state index contributed by atoms with van der Waals surface area (Å²) in [5.74, 6) is -0.417. The lowest BCUT2D eigenvalue weighted by atomic mass is 10.1. The fourth-order valence-electron chi connectivity index (χ4n) is 5.17. The molecule has 1 N–H and O–H groups in total. The van der Waals surface area contributed by atoms with Crippen molar-refractivity contribution < 1.29 is 27.5 Å². The summed E-state index contributed by atoms with van der Waals surface area (Å²) in [4.78, 5) is 29.0. The van der Waals surface area contributed by atoms with Crippen molar-refractivity contribution >= 4 is 50.7 Å². The number of carbonyl (C=O) groups excluding carboxylic acids is 2. The minimum Gasteiger partial charge on any atom is -0.497 e. The first kappa shape index (κ1) is 33.4. The average Bonchev–Trinajstić information content (AvgIpc) is 3.52. The zero-order chi connectivity index (χ0) is 32.0. The van der Waals surface area contributed by atoms with E-state index in [1.807, 2.05) is 6.92 Å². The highest BCUT2D eigenvalue weighted by Gasteiger charge is 2.35. The fraction of sp³-hybridized carbons (Fsp3) is 0.375. The third-order valence-electron chi connectivity index (χ3n) is 7.80. The van der Waals surface area contributed by atoms with Gasteiger partial charge in [0.2, 0.25) is 11.8 Å². The molecule has 236 valence electrons. The number of ether oxygens (including phenoxy) is 2. The number of sulfonamides is 1. The zero-order valence-electron chi connectivity index (χ0n) is 25.2. The number of amides is 2. The van der Waals surface area contributed by atoms with Gasteiger partial charge in [-0.2, -0.15) is 0 Å². The summed E-state index contributed by atoms with van der Waals surface area (Å²) in [5.41, 5.74) is 1.41. The van der Waals surface area contributed by atoms with Crippen LogP contribution >= 0.6 is 23.2 Å². The molecule has 0 aromatic heterocycles. The molecule has 1 saturated carbocycles. The van der Waals surface area contributed by atoms with E-state index in [4.69, 9.17) is 32.7 Å². The van der Waals surface area contributed by atoms with E-state index in [0.29, 0.717) is 21.4 Å². The molecule has 1 atom stereocenters. The van der Waals surface area contributed by atoms with Gasteiger partial charge in [0, 0.05) is 34.3 Å². The number of hydrogen-bond donors (Lipinski definition) is 1. The largest absolute Gasteiger partial charge is 0.497 e. The highest BCUT2D eigenvalue weighted by molar-refractivity contribution is 7.92. The monoisotopic (exact) mass is 661 g/mol. The third-order valence-corrected chi connectivity index (χ3v) is 10.3. The van der Waals surface area contributed by atoms with E-state index in [-0.39, 0.29) is 34.8 Å². The first-order valence-corrected chi connectivity index (χ1v) is 16.5. The second-order valence-corrected chi connectivity index (χ2v) is 13.4. The first-order chi connectivity index (χ1) is 21.0. The van der Waals surface area contributed by atoms with Gasteiger partial charge in [0.1, 0.15) is 24.1 Å². The van der Waals surface area contributed by atoms with E-state index in [1.54, 1.807) is 49.4 Å². The smallest absolute Gasteiger partial charge is 0.264 e. The van der Waals surface area contributed by atoms with Crippen LogP contribution in [0.3, 0.4) is 0 Å². The summed E-state index contributed by atoms with van der Waals surface area (Å²) >= 11 is 13.0. The van der Waals surface area contributed by atoms with Crippen LogP contribution in [0.5, 0.6) is 11.5 Å². The molecule has 4 rings (SSSR count). The second-order valence-electron chi connectivity index (χ2n) is 10.8. The van der Waals surface area contributed by atoms with Gasteiger partial charge in [0.15, 0.2) is 0 Å². The SMILES string of the molecule is COc1ccc(OC)c(N(CC(=O)N(Cc2c(Cl)cccc2Cl)C(C)C(=O)NC2CCCC2)S(=O)(=O)c2ccc(C)cc2)c1. The molecule has 3 aromatic carbocycles. The summed E-state index contributed by atoms with van der Waals surface area (Å²) in [6.07, 6.45) is 3.76. The fourth-order valence-corrected chi connectivity index (χ4v) is 7.10. The van der Waals surface area contributed by atoms with Crippen LogP contribution in [-0.2, 0) is 26.2 Å². The van der Waals surface area contributed by atoms with Crippen LogP contribution in [0.25, 0.3) is 0 Å². The van der Waals surface area contributed by atoms with E-state index in [2.05, 4.69) is 5.32 Å². The molecule has 2 amide bonds. The van der Waals surface area contributed by atoms with Crippen molar-refractivity contribution in [1.29, 1.82) is 0 Å². The van der Waals surface area contributed by atoms with Crippen molar-refractivity contribution in [2.75, 3.05) is 25.1 Å². The summed E-state index contributed by atoms with van der Waals surface area (Å²) in [6, 6.07) is 15.0. The minimum atomic E-state index is -4.31. The van der Waals surface area contributed by atoms with Gasteiger partial charge in [-0.15, -0.1) is 0 Å². The number of nitrogens with one attached hydrogen (secondary N) is 1. The number of aryl methyl sites for hydroxylation is 1. The van der Waals surface area contributed by atoms with E-state index < -0.39 is 28.5 Å². The number of nitrogens with zero attached hydrogens (tertiary/aromatic N) is 2. The molecule has 0 bridgehead atoms. The van der Waals surface area contributed by atoms with E-state index in [9.17, 15) is 18.0 Å². The van der Waals surface area contributed by atoms with Crippen molar-refractivity contribution in [3.63, 3.8) is 0 Å². The molecular formula is C32H37Cl2N3O6S. The van der Waals surface area contributed by atoms with Crippen LogP contribution in [0.2, 0.25) is 10.0 Å². The number of anilines is 1. The predicted octanol–water partition coefficient (Wildman–Crippen LogP) is 5.99. The number of hydrogen-bond acceptors (Lipinski definition) is 6. The van der Waals surface area contributed by atoms with Gasteiger partial charge in [-0.25, -0.2) is 8.42 Å². The summed E-state index contributed by atoms with van der Waals surface area (Å²) < 4.78 is 40.3. The first-order valence-electron chi connectivity index (χ1n) is 14.3. The molecule has 3 aromatic rings. The van der Waals surface area contributed by atoms with Gasteiger partial charge in [-0.05, 0) is 63.1 Å². The number of carbonyl (C=O) groups is 2. The van der Waals surface area contributed by atoms with E-state index in [1.165, 1.54) is 37.3 Å². The van der Waals surface area contributed by atoms with Crippen LogP contribution < -0.4 is 19.1 Å². The van der Waals surface area contributed by atoms with Gasteiger partial charge in [0.05, 0.1) is 24.8 Å². The number of rotatable bonds is 12. The van der Waals surface area contributed by atoms with Crippen molar-refractivity contribution in [3.05, 3.63) is 81.8 Å². The minimum absolute atomic E-state index is 0.0188. The molecule has 0 saturated heterocycles. The third kappa shape index (κ3) is 7.60. The zero-order valence-corrected chi connectivity index (χ0v) is 27.5. The molecule has 0 heterocycles. The quantitative estimate of drug-likeness (QED) is 0.256. The Morgan fingerprint density at radius 1 is 0.977 bits per heavy atom. The van der Waals surface area contributed by atoms with Gasteiger partial charge < -0.3 is 19.7 Å². The van der Waals surface area contributed by atoms with Crippen molar-refractivity contribution in [3.8, 4) is 11.5 Å². The Morgan fingerprint density at radius 3 is 2.20 bits per heavy atom. The maximum Gasteiger partial charge on any atom is 0.264 e. The van der Waals surface area contributed by atoms with Crippen LogP contribution in [-0.4, -0.2) is 58.0 Å². The Hall–Kier alpha value is -3.47. The average molecular weight is 663 g/mol. The molecular weight excluding hydrogens is 625 g/mol. The predicted molar refractivity (Wildman–Crippen MR) is 172 cm³/mol. The van der Waals surface area contributed by atoms with E-state index >= 15 is 0 Å². The number of methoxy groups -OCH3 is 2. The van der Waals surface area contributed by atoms with Crippen LogP contribution in [0.15, 0.2) is 65.6 Å². The normalized spacial score (nSPS) is 14.1. The van der Waals surface area contributed by atoms with Crippen molar-refractivity contribution in [2.45, 2.75) is 63.1 Å². The lowest BCUT2D eigenvalue weighted by Gasteiger charge is -2.33. The molecule has 1 unspecified atom stereocenters. The molecule has 12 heteroatoms. The standard InChI is InChI=1S/C32H37Cl2N3O6S/c1-21-12-15-25(16-13-21)44(40,41)37(29-18-24(42-3)14-17-30(29)43-4)20-31(38)36(19-26-27(33)10-7-11-28(26)34)22(2)32(39)35-23-8-5-6-9-23/h7,10-18,22-23H,5-6,8-9,19-20H2,1-4H3,(H,35,39). The highest BCUT2D eigenvalue weighted by atomic mass is 35.5. The lowest BCUT2D eigenvalue weighted by molar-refractivity contribution is -0.139. The Bertz CT molecular complexity index is 1570. The van der Waals surface area contributed by atoms with Crippen molar-refractivity contribution in [1.82, 2.24) is 10.2 Å². The highest BCUT2D eigenvalue weighted by Crippen LogP contribution is 2.36. The lowest BCUT2D eigenvalue weighted by Crippen LogP contribution is -2.52. The molecule has 0 spiro atoms. The molecule has 9 nitrogen and oxygen atoms in total. The maximum atomic E-state index is 14.3. The van der Waals surface area contributed by atoms with Gasteiger partial charge in [-0.3, -0.25) is 13.9 Å². The maximum absolute atomic E-state index is 14.3. The Labute approximate surface area is 269 Å². The summed E-state index contributed by atoms with van der Waals surface area (Å²) in [5, 5.41) is 3.68. The molecule has 0 aliphatic heterocycles. The Morgan fingerprint density at radius 2 is 1.61 bits per heavy atom.